The number of anilines is 1. The third-order valence-electron chi connectivity index (χ3n) is 4.15. The molecule has 3 rings (SSSR count). The minimum absolute atomic E-state index is 0. The number of nitrogen functional groups attached to an aromatic ring is 1. The van der Waals surface area contributed by atoms with Crippen molar-refractivity contribution in [3.05, 3.63) is 59.7 Å². The summed E-state index contributed by atoms with van der Waals surface area (Å²) >= 11 is 0. The van der Waals surface area contributed by atoms with Crippen LogP contribution < -0.4 is 10.5 Å². The number of hydrogen-bond donors (Lipinski definition) is 1. The molecule has 1 fully saturated rings. The molecule has 1 aliphatic heterocycles. The fourth-order valence-electron chi connectivity index (χ4n) is 3.02. The highest BCUT2D eigenvalue weighted by Gasteiger charge is 2.30. The van der Waals surface area contributed by atoms with Crippen LogP contribution in [0, 0.1) is 0 Å². The van der Waals surface area contributed by atoms with E-state index in [1.807, 2.05) is 41.3 Å². The Labute approximate surface area is 142 Å². The number of amides is 1. The zero-order chi connectivity index (χ0) is 15.5. The number of nitrogens with two attached hydrogens (primary N) is 1. The van der Waals surface area contributed by atoms with E-state index in [-0.39, 0.29) is 24.4 Å². The summed E-state index contributed by atoms with van der Waals surface area (Å²) in [5.41, 5.74) is 8.21. The van der Waals surface area contributed by atoms with E-state index in [1.165, 1.54) is 0 Å². The number of carbonyl (C=O) groups is 1. The number of benzene rings is 2. The number of halogens is 1. The molecular formula is C18H21ClN2O2. The Hall–Kier alpha value is -2.20. The fourth-order valence-corrected chi connectivity index (χ4v) is 3.02. The van der Waals surface area contributed by atoms with E-state index in [0.717, 1.165) is 30.7 Å². The van der Waals surface area contributed by atoms with Crippen LogP contribution in [0.5, 0.6) is 5.75 Å². The summed E-state index contributed by atoms with van der Waals surface area (Å²) in [5.74, 6) is 0.876. The molecule has 0 bridgehead atoms. The molecule has 1 atom stereocenters. The molecule has 1 saturated heterocycles. The smallest absolute Gasteiger partial charge is 0.254 e. The van der Waals surface area contributed by atoms with Gasteiger partial charge in [-0.25, -0.2) is 0 Å². The Morgan fingerprint density at radius 1 is 1.22 bits per heavy atom. The second-order valence-electron chi connectivity index (χ2n) is 5.56. The molecule has 2 aromatic rings. The third-order valence-corrected chi connectivity index (χ3v) is 4.15. The quantitative estimate of drug-likeness (QED) is 0.872. The van der Waals surface area contributed by atoms with E-state index < -0.39 is 0 Å². The predicted octanol–water partition coefficient (Wildman–Crippen LogP) is 3.68. The molecule has 0 aliphatic carbocycles. The monoisotopic (exact) mass is 332 g/mol. The standard InChI is InChI=1S/C18H20N2O2.ClH/c1-22-16-9-7-13(8-10-16)17-6-3-11-20(17)18(21)14-4-2-5-15(19)12-14;/h2,4-5,7-10,12,17H,3,6,11,19H2,1H3;1H. The van der Waals surface area contributed by atoms with Gasteiger partial charge < -0.3 is 15.4 Å². The van der Waals surface area contributed by atoms with Crippen LogP contribution in [-0.4, -0.2) is 24.5 Å². The first-order valence-electron chi connectivity index (χ1n) is 7.49. The van der Waals surface area contributed by atoms with Crippen molar-refractivity contribution in [2.24, 2.45) is 0 Å². The van der Waals surface area contributed by atoms with Crippen molar-refractivity contribution in [2.45, 2.75) is 18.9 Å². The van der Waals surface area contributed by atoms with Gasteiger partial charge in [0.05, 0.1) is 13.2 Å². The lowest BCUT2D eigenvalue weighted by Crippen LogP contribution is -2.30. The van der Waals surface area contributed by atoms with Crippen molar-refractivity contribution in [3.8, 4) is 5.75 Å². The number of carbonyl (C=O) groups excluding carboxylic acids is 1. The molecule has 0 aromatic heterocycles. The molecule has 5 heteroatoms. The van der Waals surface area contributed by atoms with Gasteiger partial charge in [-0.15, -0.1) is 12.4 Å². The van der Waals surface area contributed by atoms with Crippen LogP contribution in [-0.2, 0) is 0 Å². The van der Waals surface area contributed by atoms with Crippen molar-refractivity contribution < 1.29 is 9.53 Å². The largest absolute Gasteiger partial charge is 0.497 e. The maximum absolute atomic E-state index is 12.8. The molecular weight excluding hydrogens is 312 g/mol. The minimum Gasteiger partial charge on any atom is -0.497 e. The number of hydrogen-bond acceptors (Lipinski definition) is 3. The van der Waals surface area contributed by atoms with Crippen LogP contribution in [0.1, 0.15) is 34.8 Å². The summed E-state index contributed by atoms with van der Waals surface area (Å²) in [6, 6.07) is 15.3. The first-order chi connectivity index (χ1) is 10.7. The van der Waals surface area contributed by atoms with Crippen LogP contribution in [0.3, 0.4) is 0 Å². The molecule has 122 valence electrons. The normalized spacial score (nSPS) is 16.7. The molecule has 4 nitrogen and oxygen atoms in total. The Bertz CT molecular complexity index is 673. The summed E-state index contributed by atoms with van der Waals surface area (Å²) in [6.07, 6.45) is 2.01. The lowest BCUT2D eigenvalue weighted by Gasteiger charge is -2.25. The Morgan fingerprint density at radius 2 is 1.96 bits per heavy atom. The van der Waals surface area contributed by atoms with E-state index in [9.17, 15) is 4.79 Å². The first kappa shape index (κ1) is 17.2. The summed E-state index contributed by atoms with van der Waals surface area (Å²) in [4.78, 5) is 14.7. The van der Waals surface area contributed by atoms with Crippen molar-refractivity contribution in [2.75, 3.05) is 19.4 Å². The van der Waals surface area contributed by atoms with Crippen molar-refractivity contribution in [1.82, 2.24) is 4.90 Å². The zero-order valence-corrected chi connectivity index (χ0v) is 13.9. The molecule has 2 aromatic carbocycles. The molecule has 2 N–H and O–H groups in total. The summed E-state index contributed by atoms with van der Waals surface area (Å²) in [5, 5.41) is 0. The van der Waals surface area contributed by atoms with Gasteiger partial charge >= 0.3 is 0 Å². The van der Waals surface area contributed by atoms with E-state index in [0.29, 0.717) is 11.3 Å². The van der Waals surface area contributed by atoms with Crippen molar-refractivity contribution in [3.63, 3.8) is 0 Å². The Balaban J connectivity index is 0.00000192. The van der Waals surface area contributed by atoms with Gasteiger partial charge in [-0.2, -0.15) is 0 Å². The van der Waals surface area contributed by atoms with Gasteiger partial charge in [0.2, 0.25) is 0 Å². The third kappa shape index (κ3) is 3.59. The highest BCUT2D eigenvalue weighted by Crippen LogP contribution is 2.34. The molecule has 0 radical (unpaired) electrons. The van der Waals surface area contributed by atoms with E-state index >= 15 is 0 Å². The van der Waals surface area contributed by atoms with Gasteiger partial charge in [-0.1, -0.05) is 18.2 Å². The molecule has 1 heterocycles. The molecule has 0 saturated carbocycles. The average molecular weight is 333 g/mol. The van der Waals surface area contributed by atoms with Gasteiger partial charge in [-0.05, 0) is 48.7 Å². The van der Waals surface area contributed by atoms with Crippen LogP contribution in [0.25, 0.3) is 0 Å². The van der Waals surface area contributed by atoms with E-state index in [1.54, 1.807) is 19.2 Å². The van der Waals surface area contributed by atoms with Gasteiger partial charge in [0.15, 0.2) is 0 Å². The molecule has 0 spiro atoms. The average Bonchev–Trinajstić information content (AvgIpc) is 3.04. The van der Waals surface area contributed by atoms with Gasteiger partial charge in [-0.3, -0.25) is 4.79 Å². The maximum atomic E-state index is 12.8. The van der Waals surface area contributed by atoms with Gasteiger partial charge in [0.1, 0.15) is 5.75 Å². The molecule has 1 aliphatic rings. The zero-order valence-electron chi connectivity index (χ0n) is 13.1. The highest BCUT2D eigenvalue weighted by molar-refractivity contribution is 5.95. The van der Waals surface area contributed by atoms with Crippen LogP contribution >= 0.6 is 12.4 Å². The Morgan fingerprint density at radius 3 is 2.61 bits per heavy atom. The van der Waals surface area contributed by atoms with Gasteiger partial charge in [0.25, 0.3) is 5.91 Å². The number of nitrogens with zero attached hydrogens (tertiary/aromatic N) is 1. The van der Waals surface area contributed by atoms with Crippen LogP contribution in [0.2, 0.25) is 0 Å². The first-order valence-corrected chi connectivity index (χ1v) is 7.49. The van der Waals surface area contributed by atoms with Crippen molar-refractivity contribution >= 4 is 24.0 Å². The van der Waals surface area contributed by atoms with E-state index in [2.05, 4.69) is 0 Å². The second kappa shape index (κ2) is 7.38. The summed E-state index contributed by atoms with van der Waals surface area (Å²) in [7, 11) is 1.65. The van der Waals surface area contributed by atoms with Crippen LogP contribution in [0.15, 0.2) is 48.5 Å². The number of likely N-dealkylation sites (tertiary alicyclic amines) is 1. The second-order valence-corrected chi connectivity index (χ2v) is 5.56. The molecule has 23 heavy (non-hydrogen) atoms. The lowest BCUT2D eigenvalue weighted by molar-refractivity contribution is 0.0735. The van der Waals surface area contributed by atoms with Gasteiger partial charge in [0, 0.05) is 17.8 Å². The highest BCUT2D eigenvalue weighted by atomic mass is 35.5. The maximum Gasteiger partial charge on any atom is 0.254 e. The molecule has 1 unspecified atom stereocenters. The van der Waals surface area contributed by atoms with E-state index in [4.69, 9.17) is 10.5 Å². The number of rotatable bonds is 3. The summed E-state index contributed by atoms with van der Waals surface area (Å²) in [6.45, 7) is 0.782. The summed E-state index contributed by atoms with van der Waals surface area (Å²) < 4.78 is 5.19. The predicted molar refractivity (Wildman–Crippen MR) is 94.1 cm³/mol. The topological polar surface area (TPSA) is 55.6 Å². The number of methoxy groups -OCH3 is 1. The fraction of sp³-hybridized carbons (Fsp3) is 0.278. The van der Waals surface area contributed by atoms with Crippen LogP contribution in [0.4, 0.5) is 5.69 Å². The SMILES string of the molecule is COc1ccc(C2CCCN2C(=O)c2cccc(N)c2)cc1.Cl. The Kier molecular flexibility index (Phi) is 5.50. The minimum atomic E-state index is 0. The molecule has 1 amide bonds. The lowest BCUT2D eigenvalue weighted by atomic mass is 10.0. The number of ether oxygens (including phenoxy) is 1. The van der Waals surface area contributed by atoms with Crippen molar-refractivity contribution in [1.29, 1.82) is 0 Å².